The summed E-state index contributed by atoms with van der Waals surface area (Å²) in [4.78, 5) is 11.6. The smallest absolute Gasteiger partial charge is 0.308 e. The van der Waals surface area contributed by atoms with Crippen LogP contribution >= 0.6 is 22.9 Å². The highest BCUT2D eigenvalue weighted by Gasteiger charge is 2.15. The fourth-order valence-electron chi connectivity index (χ4n) is 3.09. The maximum absolute atomic E-state index is 11.6. The quantitative estimate of drug-likeness (QED) is 0.196. The Hall–Kier alpha value is -3.42. The van der Waals surface area contributed by atoms with E-state index in [4.69, 9.17) is 16.3 Å². The number of ether oxygens (including phenoxy) is 1. The monoisotopic (exact) mass is 452 g/mol. The van der Waals surface area contributed by atoms with Crippen LogP contribution in [0.15, 0.2) is 70.9 Å². The van der Waals surface area contributed by atoms with Gasteiger partial charge in [0.2, 0.25) is 0 Å². The van der Waals surface area contributed by atoms with Gasteiger partial charge in [0.05, 0.1) is 5.02 Å². The highest BCUT2D eigenvalue weighted by molar-refractivity contribution is 7.23. The van der Waals surface area contributed by atoms with E-state index in [9.17, 15) is 15.0 Å². The van der Waals surface area contributed by atoms with Crippen LogP contribution in [-0.4, -0.2) is 16.2 Å². The first-order valence-electron chi connectivity index (χ1n) is 9.31. The van der Waals surface area contributed by atoms with E-state index in [1.165, 1.54) is 36.5 Å². The summed E-state index contributed by atoms with van der Waals surface area (Å²) in [5.41, 5.74) is 1.84. The molecule has 1 aromatic heterocycles. The van der Waals surface area contributed by atoms with Gasteiger partial charge in [0.15, 0.2) is 10.8 Å². The van der Waals surface area contributed by atoms with Crippen LogP contribution in [-0.2, 0) is 11.2 Å². The topological polar surface area (TPSA) is 91.5 Å². The lowest BCUT2D eigenvalue weighted by molar-refractivity contribution is -0.131. The number of aromatic hydroxyl groups is 2. The maximum Gasteiger partial charge on any atom is 0.308 e. The number of carbonyl (C=O) groups is 1. The summed E-state index contributed by atoms with van der Waals surface area (Å²) >= 11 is 7.66. The minimum absolute atomic E-state index is 0.0736. The molecule has 3 aromatic carbocycles. The predicted molar refractivity (Wildman–Crippen MR) is 121 cm³/mol. The second-order valence-electron chi connectivity index (χ2n) is 6.80. The number of fused-ring (bicyclic) bond motifs is 1. The maximum atomic E-state index is 11.6. The molecule has 0 radical (unpaired) electrons. The van der Waals surface area contributed by atoms with Gasteiger partial charge in [-0.3, -0.25) is 4.79 Å². The molecule has 4 aromatic rings. The van der Waals surface area contributed by atoms with Crippen LogP contribution in [0.2, 0.25) is 5.02 Å². The zero-order valence-corrected chi connectivity index (χ0v) is 17.9. The summed E-state index contributed by atoms with van der Waals surface area (Å²) in [7, 11) is 0. The standard InChI is InChI=1S/C23H17ClN2O4S/c1-13(27)30-22-17-4-2-3-5-21(17)31-23(22)26-25-19-11-14(6-8-18(19)24)10-15-12-16(28)7-9-20(15)29/h2-9,11-12,28-29H,10H2,1H3. The molecule has 0 atom stereocenters. The van der Waals surface area contributed by atoms with Crippen molar-refractivity contribution in [2.45, 2.75) is 13.3 Å². The number of phenols is 2. The van der Waals surface area contributed by atoms with Gasteiger partial charge in [-0.15, -0.1) is 21.6 Å². The summed E-state index contributed by atoms with van der Waals surface area (Å²) in [6.45, 7) is 1.34. The lowest BCUT2D eigenvalue weighted by Crippen LogP contribution is -2.00. The molecule has 0 fully saturated rings. The zero-order valence-electron chi connectivity index (χ0n) is 16.4. The Balaban J connectivity index is 1.67. The van der Waals surface area contributed by atoms with Gasteiger partial charge in [-0.2, -0.15) is 0 Å². The summed E-state index contributed by atoms with van der Waals surface area (Å²) in [6.07, 6.45) is 0.376. The number of hydrogen-bond acceptors (Lipinski definition) is 7. The van der Waals surface area contributed by atoms with Gasteiger partial charge in [-0.1, -0.05) is 29.8 Å². The van der Waals surface area contributed by atoms with Crippen molar-refractivity contribution < 1.29 is 19.7 Å². The number of esters is 1. The Bertz CT molecular complexity index is 1320. The van der Waals surface area contributed by atoms with Crippen LogP contribution in [0.25, 0.3) is 10.1 Å². The van der Waals surface area contributed by atoms with E-state index in [0.717, 1.165) is 15.6 Å². The van der Waals surface area contributed by atoms with E-state index in [1.807, 2.05) is 30.3 Å². The molecule has 1 heterocycles. The molecule has 0 aliphatic carbocycles. The number of benzene rings is 3. The zero-order chi connectivity index (χ0) is 22.0. The third kappa shape index (κ3) is 4.68. The van der Waals surface area contributed by atoms with Gasteiger partial charge in [-0.05, 0) is 48.0 Å². The molecule has 0 saturated carbocycles. The molecular weight excluding hydrogens is 436 g/mol. The van der Waals surface area contributed by atoms with Gasteiger partial charge in [0.1, 0.15) is 17.2 Å². The van der Waals surface area contributed by atoms with E-state index in [2.05, 4.69) is 10.2 Å². The van der Waals surface area contributed by atoms with Crippen LogP contribution in [0.3, 0.4) is 0 Å². The number of halogens is 1. The second kappa shape index (κ2) is 8.75. The lowest BCUT2D eigenvalue weighted by atomic mass is 10.0. The first-order chi connectivity index (χ1) is 14.9. The molecule has 0 aliphatic rings. The number of nitrogens with zero attached hydrogens (tertiary/aromatic N) is 2. The van der Waals surface area contributed by atoms with Crippen LogP contribution in [0.5, 0.6) is 17.2 Å². The largest absolute Gasteiger partial charge is 0.508 e. The van der Waals surface area contributed by atoms with E-state index in [1.54, 1.807) is 12.1 Å². The fraction of sp³-hybridized carbons (Fsp3) is 0.0870. The van der Waals surface area contributed by atoms with Crippen molar-refractivity contribution in [1.82, 2.24) is 0 Å². The molecule has 0 amide bonds. The molecule has 8 heteroatoms. The third-order valence-electron chi connectivity index (χ3n) is 4.50. The van der Waals surface area contributed by atoms with Gasteiger partial charge >= 0.3 is 5.97 Å². The molecule has 0 saturated heterocycles. The third-order valence-corrected chi connectivity index (χ3v) is 5.85. The summed E-state index contributed by atoms with van der Waals surface area (Å²) in [5, 5.41) is 29.9. The SMILES string of the molecule is CC(=O)Oc1c(N=Nc2cc(Cc3cc(O)ccc3O)ccc2Cl)sc2ccccc12. The normalized spacial score (nSPS) is 11.3. The molecule has 2 N–H and O–H groups in total. The summed E-state index contributed by atoms with van der Waals surface area (Å²) in [6, 6.07) is 17.2. The average molecular weight is 453 g/mol. The molecule has 0 unspecified atom stereocenters. The van der Waals surface area contributed by atoms with E-state index < -0.39 is 5.97 Å². The Kier molecular flexibility index (Phi) is 5.88. The Morgan fingerprint density at radius 2 is 1.87 bits per heavy atom. The van der Waals surface area contributed by atoms with Crippen molar-refractivity contribution >= 4 is 49.7 Å². The second-order valence-corrected chi connectivity index (χ2v) is 8.24. The number of azo groups is 1. The van der Waals surface area contributed by atoms with Crippen molar-refractivity contribution in [3.05, 3.63) is 76.8 Å². The number of phenolic OH excluding ortho intramolecular Hbond substituents is 2. The van der Waals surface area contributed by atoms with Crippen LogP contribution < -0.4 is 4.74 Å². The summed E-state index contributed by atoms with van der Waals surface area (Å²) in [5.74, 6) is 0.0939. The van der Waals surface area contributed by atoms with E-state index in [0.29, 0.717) is 33.4 Å². The van der Waals surface area contributed by atoms with Gasteiger partial charge < -0.3 is 14.9 Å². The molecule has 156 valence electrons. The number of thiophene rings is 1. The first-order valence-corrected chi connectivity index (χ1v) is 10.5. The highest BCUT2D eigenvalue weighted by Crippen LogP contribution is 2.45. The summed E-state index contributed by atoms with van der Waals surface area (Å²) < 4.78 is 6.30. The van der Waals surface area contributed by atoms with Crippen molar-refractivity contribution in [3.8, 4) is 17.2 Å². The molecule has 6 nitrogen and oxygen atoms in total. The van der Waals surface area contributed by atoms with Gasteiger partial charge in [0, 0.05) is 29.0 Å². The number of hydrogen-bond donors (Lipinski definition) is 2. The number of carbonyl (C=O) groups excluding carboxylic acids is 1. The molecular formula is C23H17ClN2O4S. The first kappa shape index (κ1) is 20.8. The van der Waals surface area contributed by atoms with Gasteiger partial charge in [0.25, 0.3) is 0 Å². The van der Waals surface area contributed by atoms with Gasteiger partial charge in [-0.25, -0.2) is 0 Å². The van der Waals surface area contributed by atoms with Crippen molar-refractivity contribution in [2.24, 2.45) is 10.2 Å². The lowest BCUT2D eigenvalue weighted by Gasteiger charge is -2.07. The van der Waals surface area contributed by atoms with Crippen LogP contribution in [0.1, 0.15) is 18.1 Å². The predicted octanol–water partition coefficient (Wildman–Crippen LogP) is 6.90. The molecule has 0 bridgehead atoms. The minimum atomic E-state index is -0.439. The molecule has 31 heavy (non-hydrogen) atoms. The molecule has 4 rings (SSSR count). The Labute approximate surface area is 187 Å². The highest BCUT2D eigenvalue weighted by atomic mass is 35.5. The molecule has 0 spiro atoms. The minimum Gasteiger partial charge on any atom is -0.508 e. The van der Waals surface area contributed by atoms with Crippen LogP contribution in [0, 0.1) is 0 Å². The Morgan fingerprint density at radius 3 is 2.68 bits per heavy atom. The van der Waals surface area contributed by atoms with E-state index >= 15 is 0 Å². The number of rotatable bonds is 5. The van der Waals surface area contributed by atoms with Crippen molar-refractivity contribution in [2.75, 3.05) is 0 Å². The van der Waals surface area contributed by atoms with Crippen molar-refractivity contribution in [1.29, 1.82) is 0 Å². The van der Waals surface area contributed by atoms with Crippen molar-refractivity contribution in [3.63, 3.8) is 0 Å². The average Bonchev–Trinajstić information content (AvgIpc) is 3.08. The molecule has 0 aliphatic heterocycles. The fourth-order valence-corrected chi connectivity index (χ4v) is 4.20. The van der Waals surface area contributed by atoms with Crippen LogP contribution in [0.4, 0.5) is 10.7 Å². The Morgan fingerprint density at radius 1 is 1.06 bits per heavy atom. The van der Waals surface area contributed by atoms with E-state index in [-0.39, 0.29) is 11.5 Å².